The zero-order valence-corrected chi connectivity index (χ0v) is 7.25. The minimum atomic E-state index is 0.459. The third-order valence-corrected chi connectivity index (χ3v) is 4.19. The number of carbonyl (C=O) groups excluding carboxylic acids is 1. The summed E-state index contributed by atoms with van der Waals surface area (Å²) in [6.07, 6.45) is 4.44. The van der Waals surface area contributed by atoms with Gasteiger partial charge in [0, 0.05) is 12.3 Å². The summed E-state index contributed by atoms with van der Waals surface area (Å²) in [5.41, 5.74) is 1.44. The Balaban J connectivity index is 1.99. The number of ketones is 1. The fourth-order valence-electron chi connectivity index (χ4n) is 3.77. The van der Waals surface area contributed by atoms with Gasteiger partial charge in [-0.3, -0.25) is 4.79 Å². The minimum Gasteiger partial charge on any atom is -0.299 e. The van der Waals surface area contributed by atoms with E-state index in [-0.39, 0.29) is 0 Å². The van der Waals surface area contributed by atoms with Gasteiger partial charge in [0.05, 0.1) is 0 Å². The van der Waals surface area contributed by atoms with Crippen molar-refractivity contribution < 1.29 is 4.79 Å². The molecule has 3 aliphatic carbocycles. The molecule has 3 fully saturated rings. The fraction of sp³-hybridized carbons (Fsp3) is 0.727. The van der Waals surface area contributed by atoms with Crippen molar-refractivity contribution in [3.05, 3.63) is 12.2 Å². The normalized spacial score (nSPS) is 50.3. The minimum absolute atomic E-state index is 0.459. The highest BCUT2D eigenvalue weighted by Gasteiger charge is 2.54. The van der Waals surface area contributed by atoms with E-state index in [0.717, 1.165) is 25.2 Å². The average Bonchev–Trinajstić information content (AvgIpc) is 2.62. The summed E-state index contributed by atoms with van der Waals surface area (Å²) in [6.45, 7) is 4.11. The molecular formula is C11H14O. The molecule has 3 saturated carbocycles. The zero-order valence-electron chi connectivity index (χ0n) is 7.25. The van der Waals surface area contributed by atoms with Gasteiger partial charge in [-0.1, -0.05) is 12.2 Å². The molecule has 0 aromatic carbocycles. The Bertz CT molecular complexity index is 266. The number of carbonyl (C=O) groups is 1. The maximum atomic E-state index is 11.5. The Morgan fingerprint density at radius 1 is 1.42 bits per heavy atom. The van der Waals surface area contributed by atoms with Crippen molar-refractivity contribution in [1.29, 1.82) is 0 Å². The molecule has 4 unspecified atom stereocenters. The van der Waals surface area contributed by atoms with Crippen molar-refractivity contribution in [3.8, 4) is 0 Å². The Hall–Kier alpha value is -0.590. The Kier molecular flexibility index (Phi) is 1.15. The van der Waals surface area contributed by atoms with Gasteiger partial charge < -0.3 is 0 Å². The second-order valence-corrected chi connectivity index (χ2v) is 4.66. The van der Waals surface area contributed by atoms with E-state index < -0.39 is 0 Å². The van der Waals surface area contributed by atoms with E-state index in [4.69, 9.17) is 0 Å². The van der Waals surface area contributed by atoms with Crippen LogP contribution in [0.2, 0.25) is 0 Å². The van der Waals surface area contributed by atoms with Crippen molar-refractivity contribution in [3.63, 3.8) is 0 Å². The lowest BCUT2D eigenvalue weighted by Crippen LogP contribution is -2.22. The Labute approximate surface area is 72.8 Å². The van der Waals surface area contributed by atoms with Gasteiger partial charge in [0.25, 0.3) is 0 Å². The van der Waals surface area contributed by atoms with Gasteiger partial charge in [0.1, 0.15) is 5.78 Å². The molecule has 1 nitrogen and oxygen atoms in total. The van der Waals surface area contributed by atoms with Gasteiger partial charge in [-0.15, -0.1) is 0 Å². The van der Waals surface area contributed by atoms with Gasteiger partial charge in [-0.2, -0.15) is 0 Å². The molecule has 3 rings (SSSR count). The molecule has 3 aliphatic rings. The highest BCUT2D eigenvalue weighted by molar-refractivity contribution is 5.84. The lowest BCUT2D eigenvalue weighted by atomic mass is 9.79. The predicted octanol–water partition coefficient (Wildman–Crippen LogP) is 2.18. The van der Waals surface area contributed by atoms with Crippen molar-refractivity contribution in [1.82, 2.24) is 0 Å². The van der Waals surface area contributed by atoms with Gasteiger partial charge in [-0.25, -0.2) is 0 Å². The molecule has 0 N–H and O–H groups in total. The van der Waals surface area contributed by atoms with Gasteiger partial charge in [0.2, 0.25) is 0 Å². The van der Waals surface area contributed by atoms with Crippen LogP contribution in [0.15, 0.2) is 12.2 Å². The van der Waals surface area contributed by atoms with Crippen molar-refractivity contribution >= 4 is 5.78 Å². The fourth-order valence-corrected chi connectivity index (χ4v) is 3.77. The van der Waals surface area contributed by atoms with Crippen molar-refractivity contribution in [2.24, 2.45) is 23.7 Å². The molecule has 0 aliphatic heterocycles. The van der Waals surface area contributed by atoms with Crippen LogP contribution in [-0.4, -0.2) is 5.78 Å². The van der Waals surface area contributed by atoms with Crippen LogP contribution in [0.3, 0.4) is 0 Å². The molecule has 4 atom stereocenters. The van der Waals surface area contributed by atoms with E-state index >= 15 is 0 Å². The summed E-state index contributed by atoms with van der Waals surface area (Å²) >= 11 is 0. The van der Waals surface area contributed by atoms with Gasteiger partial charge >= 0.3 is 0 Å². The van der Waals surface area contributed by atoms with Crippen LogP contribution >= 0.6 is 0 Å². The molecule has 0 heterocycles. The molecule has 0 spiro atoms. The van der Waals surface area contributed by atoms with Crippen LogP contribution in [0.1, 0.15) is 25.7 Å². The second-order valence-electron chi connectivity index (χ2n) is 4.66. The maximum Gasteiger partial charge on any atom is 0.136 e. The number of hydrogen-bond acceptors (Lipinski definition) is 1. The van der Waals surface area contributed by atoms with Crippen molar-refractivity contribution in [2.75, 3.05) is 0 Å². The predicted molar refractivity (Wildman–Crippen MR) is 46.6 cm³/mol. The van der Waals surface area contributed by atoms with E-state index in [0.29, 0.717) is 23.5 Å². The van der Waals surface area contributed by atoms with Crippen molar-refractivity contribution in [2.45, 2.75) is 25.7 Å². The summed E-state index contributed by atoms with van der Waals surface area (Å²) in [7, 11) is 0. The molecular weight excluding hydrogens is 148 g/mol. The first-order valence-electron chi connectivity index (χ1n) is 4.98. The van der Waals surface area contributed by atoms with Crippen LogP contribution in [0.5, 0.6) is 0 Å². The van der Waals surface area contributed by atoms with E-state index in [1.165, 1.54) is 12.0 Å². The van der Waals surface area contributed by atoms with E-state index in [1.807, 2.05) is 0 Å². The molecule has 0 amide bonds. The number of hydrogen-bond donors (Lipinski definition) is 0. The first-order chi connectivity index (χ1) is 5.77. The third-order valence-electron chi connectivity index (χ3n) is 4.19. The maximum absolute atomic E-state index is 11.5. The number of allylic oxidation sites excluding steroid dienone is 1. The summed E-state index contributed by atoms with van der Waals surface area (Å²) in [4.78, 5) is 11.5. The zero-order chi connectivity index (χ0) is 8.29. The smallest absolute Gasteiger partial charge is 0.136 e. The molecule has 1 heteroatoms. The number of Topliss-reactive ketones (excluding diaryl/α,β-unsaturated/α-hetero) is 1. The quantitative estimate of drug-likeness (QED) is 0.499. The first-order valence-corrected chi connectivity index (χ1v) is 4.98. The van der Waals surface area contributed by atoms with Crippen LogP contribution < -0.4 is 0 Å². The lowest BCUT2D eigenvalue weighted by molar-refractivity contribution is -0.122. The van der Waals surface area contributed by atoms with Crippen LogP contribution in [0.4, 0.5) is 0 Å². The average molecular weight is 162 g/mol. The Morgan fingerprint density at radius 2 is 2.25 bits per heavy atom. The first kappa shape index (κ1) is 6.88. The number of rotatable bonds is 0. The monoisotopic (exact) mass is 162 g/mol. The SMILES string of the molecule is C=C1CC2CC1C1CCC(=O)C21. The topological polar surface area (TPSA) is 17.1 Å². The molecule has 12 heavy (non-hydrogen) atoms. The molecule has 0 aromatic heterocycles. The molecule has 2 bridgehead atoms. The van der Waals surface area contributed by atoms with Gasteiger partial charge in [-0.05, 0) is 37.0 Å². The van der Waals surface area contributed by atoms with Crippen LogP contribution in [0.25, 0.3) is 0 Å². The molecule has 0 saturated heterocycles. The van der Waals surface area contributed by atoms with E-state index in [1.54, 1.807) is 0 Å². The lowest BCUT2D eigenvalue weighted by Gasteiger charge is -2.24. The third kappa shape index (κ3) is 0.634. The molecule has 64 valence electrons. The number of fused-ring (bicyclic) bond motifs is 5. The van der Waals surface area contributed by atoms with E-state index in [9.17, 15) is 4.79 Å². The van der Waals surface area contributed by atoms with Crippen LogP contribution in [-0.2, 0) is 4.79 Å². The standard InChI is InChI=1S/C11H14O/c1-6-4-7-5-9(6)8-2-3-10(12)11(7)8/h7-9,11H,1-5H2. The summed E-state index contributed by atoms with van der Waals surface area (Å²) in [6, 6.07) is 0. The Morgan fingerprint density at radius 3 is 3.08 bits per heavy atom. The second kappa shape index (κ2) is 2.01. The van der Waals surface area contributed by atoms with E-state index in [2.05, 4.69) is 6.58 Å². The van der Waals surface area contributed by atoms with Gasteiger partial charge in [0.15, 0.2) is 0 Å². The summed E-state index contributed by atoms with van der Waals surface area (Å²) in [5, 5.41) is 0. The summed E-state index contributed by atoms with van der Waals surface area (Å²) in [5.74, 6) is 3.15. The highest BCUT2D eigenvalue weighted by atomic mass is 16.1. The summed E-state index contributed by atoms with van der Waals surface area (Å²) < 4.78 is 0. The molecule has 0 aromatic rings. The van der Waals surface area contributed by atoms with Crippen LogP contribution in [0, 0.1) is 23.7 Å². The molecule has 0 radical (unpaired) electrons. The highest BCUT2D eigenvalue weighted by Crippen LogP contribution is 2.59. The largest absolute Gasteiger partial charge is 0.299 e.